The molecule has 2 nitrogen and oxygen atoms in total. The van der Waals surface area contributed by atoms with E-state index in [1.165, 1.54) is 16.7 Å². The second-order valence-corrected chi connectivity index (χ2v) is 4.08. The van der Waals surface area contributed by atoms with Crippen molar-refractivity contribution in [2.75, 3.05) is 13.1 Å². The minimum absolute atomic E-state index is 0.115. The van der Waals surface area contributed by atoms with Crippen molar-refractivity contribution in [3.05, 3.63) is 34.9 Å². The number of rotatable bonds is 1. The molecule has 1 aliphatic heterocycles. The molecule has 0 unspecified atom stereocenters. The third kappa shape index (κ3) is 1.36. The second-order valence-electron chi connectivity index (χ2n) is 4.08. The molecule has 0 amide bonds. The Bertz CT molecular complexity index is 327. The van der Waals surface area contributed by atoms with E-state index in [4.69, 9.17) is 5.73 Å². The average molecular weight is 176 g/mol. The molecule has 1 saturated heterocycles. The van der Waals surface area contributed by atoms with Gasteiger partial charge in [-0.05, 0) is 25.0 Å². The Hall–Kier alpha value is -0.860. The third-order valence-electron chi connectivity index (χ3n) is 2.81. The maximum Gasteiger partial charge on any atom is 0.0665 e. The molecule has 1 heterocycles. The molecule has 1 aromatic rings. The van der Waals surface area contributed by atoms with Gasteiger partial charge in [-0.25, -0.2) is 0 Å². The minimum atomic E-state index is -0.115. The molecule has 1 aliphatic rings. The predicted molar refractivity (Wildman–Crippen MR) is 54.7 cm³/mol. The summed E-state index contributed by atoms with van der Waals surface area (Å²) in [5, 5.41) is 3.22. The molecule has 0 radical (unpaired) electrons. The lowest BCUT2D eigenvalue weighted by molar-refractivity contribution is 0.286. The van der Waals surface area contributed by atoms with Crippen LogP contribution in [-0.4, -0.2) is 13.1 Å². The van der Waals surface area contributed by atoms with Crippen LogP contribution in [0, 0.1) is 13.8 Å². The summed E-state index contributed by atoms with van der Waals surface area (Å²) in [4.78, 5) is 0. The van der Waals surface area contributed by atoms with Crippen LogP contribution in [0.4, 0.5) is 0 Å². The van der Waals surface area contributed by atoms with E-state index in [1.807, 2.05) is 0 Å². The summed E-state index contributed by atoms with van der Waals surface area (Å²) in [7, 11) is 0. The maximum absolute atomic E-state index is 6.23. The largest absolute Gasteiger partial charge is 0.319 e. The number of nitrogens with one attached hydrogen (secondary N) is 1. The standard InChI is InChI=1S/C11H16N2/c1-8-3-4-9(2)10(5-8)11(12)6-13-7-11/h3-5,13H,6-7,12H2,1-2H3. The van der Waals surface area contributed by atoms with Gasteiger partial charge in [0.2, 0.25) is 0 Å². The van der Waals surface area contributed by atoms with Crippen LogP contribution in [0.2, 0.25) is 0 Å². The van der Waals surface area contributed by atoms with Crippen molar-refractivity contribution in [2.45, 2.75) is 19.4 Å². The van der Waals surface area contributed by atoms with Crippen molar-refractivity contribution in [3.63, 3.8) is 0 Å². The van der Waals surface area contributed by atoms with Gasteiger partial charge in [0.15, 0.2) is 0 Å². The maximum atomic E-state index is 6.23. The Balaban J connectivity index is 2.43. The summed E-state index contributed by atoms with van der Waals surface area (Å²) in [6, 6.07) is 6.49. The van der Waals surface area contributed by atoms with E-state index in [9.17, 15) is 0 Å². The van der Waals surface area contributed by atoms with Crippen LogP contribution in [0.15, 0.2) is 18.2 Å². The van der Waals surface area contributed by atoms with E-state index in [-0.39, 0.29) is 5.54 Å². The molecule has 0 aromatic heterocycles. The van der Waals surface area contributed by atoms with Gasteiger partial charge >= 0.3 is 0 Å². The molecule has 3 N–H and O–H groups in total. The van der Waals surface area contributed by atoms with Crippen molar-refractivity contribution in [1.29, 1.82) is 0 Å². The molecular formula is C11H16N2. The van der Waals surface area contributed by atoms with E-state index in [0.29, 0.717) is 0 Å². The first-order valence-electron chi connectivity index (χ1n) is 4.69. The highest BCUT2D eigenvalue weighted by molar-refractivity contribution is 5.38. The first-order chi connectivity index (χ1) is 6.12. The van der Waals surface area contributed by atoms with Gasteiger partial charge in [-0.1, -0.05) is 23.8 Å². The Morgan fingerprint density at radius 3 is 2.54 bits per heavy atom. The number of hydrogen-bond donors (Lipinski definition) is 2. The molecule has 0 atom stereocenters. The molecular weight excluding hydrogens is 160 g/mol. The van der Waals surface area contributed by atoms with Crippen LogP contribution in [0.5, 0.6) is 0 Å². The first-order valence-corrected chi connectivity index (χ1v) is 4.69. The number of nitrogens with two attached hydrogens (primary N) is 1. The summed E-state index contributed by atoms with van der Waals surface area (Å²) in [6.07, 6.45) is 0. The zero-order chi connectivity index (χ0) is 9.47. The van der Waals surface area contributed by atoms with E-state index in [0.717, 1.165) is 13.1 Å². The van der Waals surface area contributed by atoms with Crippen LogP contribution in [0.1, 0.15) is 16.7 Å². The second kappa shape index (κ2) is 2.82. The summed E-state index contributed by atoms with van der Waals surface area (Å²) in [5.41, 5.74) is 10.0. The molecule has 70 valence electrons. The van der Waals surface area contributed by atoms with Gasteiger partial charge in [-0.15, -0.1) is 0 Å². The third-order valence-corrected chi connectivity index (χ3v) is 2.81. The van der Waals surface area contributed by atoms with Crippen LogP contribution in [-0.2, 0) is 5.54 Å². The zero-order valence-corrected chi connectivity index (χ0v) is 8.22. The van der Waals surface area contributed by atoms with Gasteiger partial charge in [0.05, 0.1) is 5.54 Å². The van der Waals surface area contributed by atoms with E-state index >= 15 is 0 Å². The molecule has 0 saturated carbocycles. The normalized spacial score (nSPS) is 19.6. The van der Waals surface area contributed by atoms with Crippen molar-refractivity contribution < 1.29 is 0 Å². The highest BCUT2D eigenvalue weighted by Gasteiger charge is 2.35. The Kier molecular flexibility index (Phi) is 1.90. The Morgan fingerprint density at radius 1 is 1.31 bits per heavy atom. The molecule has 1 fully saturated rings. The van der Waals surface area contributed by atoms with Crippen molar-refractivity contribution in [2.24, 2.45) is 5.73 Å². The fraction of sp³-hybridized carbons (Fsp3) is 0.455. The summed E-state index contributed by atoms with van der Waals surface area (Å²) in [6.45, 7) is 6.04. The topological polar surface area (TPSA) is 38.0 Å². The smallest absolute Gasteiger partial charge is 0.0665 e. The van der Waals surface area contributed by atoms with Gasteiger partial charge in [0, 0.05) is 13.1 Å². The van der Waals surface area contributed by atoms with Crippen LogP contribution in [0.25, 0.3) is 0 Å². The predicted octanol–water partition coefficient (Wildman–Crippen LogP) is 1.06. The summed E-state index contributed by atoms with van der Waals surface area (Å²) >= 11 is 0. The number of hydrogen-bond acceptors (Lipinski definition) is 2. The monoisotopic (exact) mass is 176 g/mol. The van der Waals surface area contributed by atoms with Crippen molar-refractivity contribution in [1.82, 2.24) is 5.32 Å². The van der Waals surface area contributed by atoms with Gasteiger partial charge in [-0.2, -0.15) is 0 Å². The van der Waals surface area contributed by atoms with Crippen LogP contribution < -0.4 is 11.1 Å². The fourth-order valence-corrected chi connectivity index (χ4v) is 1.86. The zero-order valence-electron chi connectivity index (χ0n) is 8.22. The Labute approximate surface area is 79.1 Å². The number of aryl methyl sites for hydroxylation is 2. The minimum Gasteiger partial charge on any atom is -0.319 e. The molecule has 13 heavy (non-hydrogen) atoms. The van der Waals surface area contributed by atoms with Crippen molar-refractivity contribution in [3.8, 4) is 0 Å². The highest BCUT2D eigenvalue weighted by Crippen LogP contribution is 2.26. The summed E-state index contributed by atoms with van der Waals surface area (Å²) < 4.78 is 0. The molecule has 2 rings (SSSR count). The molecule has 0 bridgehead atoms. The Morgan fingerprint density at radius 2 is 2.00 bits per heavy atom. The van der Waals surface area contributed by atoms with Gasteiger partial charge in [0.25, 0.3) is 0 Å². The lowest BCUT2D eigenvalue weighted by atomic mass is 9.82. The van der Waals surface area contributed by atoms with E-state index < -0.39 is 0 Å². The molecule has 0 spiro atoms. The van der Waals surface area contributed by atoms with Gasteiger partial charge < -0.3 is 11.1 Å². The molecule has 1 aromatic carbocycles. The van der Waals surface area contributed by atoms with Crippen molar-refractivity contribution >= 4 is 0 Å². The fourth-order valence-electron chi connectivity index (χ4n) is 1.86. The first kappa shape index (κ1) is 8.73. The summed E-state index contributed by atoms with van der Waals surface area (Å²) in [5.74, 6) is 0. The van der Waals surface area contributed by atoms with Gasteiger partial charge in [0.1, 0.15) is 0 Å². The lowest BCUT2D eigenvalue weighted by Crippen LogP contribution is -2.63. The quantitative estimate of drug-likeness (QED) is 0.671. The molecule has 2 heteroatoms. The van der Waals surface area contributed by atoms with Gasteiger partial charge in [-0.3, -0.25) is 0 Å². The van der Waals surface area contributed by atoms with Crippen LogP contribution in [0.3, 0.4) is 0 Å². The SMILES string of the molecule is Cc1ccc(C)c(C2(N)CNC2)c1. The lowest BCUT2D eigenvalue weighted by Gasteiger charge is -2.40. The number of benzene rings is 1. The highest BCUT2D eigenvalue weighted by atomic mass is 15.1. The molecule has 0 aliphatic carbocycles. The van der Waals surface area contributed by atoms with E-state index in [1.54, 1.807) is 0 Å². The van der Waals surface area contributed by atoms with Crippen LogP contribution >= 0.6 is 0 Å². The average Bonchev–Trinajstić information content (AvgIpc) is 2.05. The van der Waals surface area contributed by atoms with E-state index in [2.05, 4.69) is 37.4 Å².